The van der Waals surface area contributed by atoms with Gasteiger partial charge in [0.25, 0.3) is 0 Å². The predicted molar refractivity (Wildman–Crippen MR) is 84.9 cm³/mol. The van der Waals surface area contributed by atoms with Crippen molar-refractivity contribution in [3.63, 3.8) is 0 Å². The van der Waals surface area contributed by atoms with Crippen LogP contribution in [0.5, 0.6) is 0 Å². The number of hydrogen-bond donors (Lipinski definition) is 1. The van der Waals surface area contributed by atoms with Crippen molar-refractivity contribution in [2.24, 2.45) is 0 Å². The molecule has 108 valence electrons. The molecule has 1 aromatic rings. The molecule has 0 bridgehead atoms. The molecule has 2 atom stereocenters. The lowest BCUT2D eigenvalue weighted by Crippen LogP contribution is -2.35. The van der Waals surface area contributed by atoms with Crippen LogP contribution in [0.1, 0.15) is 45.2 Å². The highest BCUT2D eigenvalue weighted by Crippen LogP contribution is 2.21. The third-order valence-electron chi connectivity index (χ3n) is 3.92. The van der Waals surface area contributed by atoms with Gasteiger partial charge >= 0.3 is 0 Å². The Morgan fingerprint density at radius 1 is 1.32 bits per heavy atom. The Kier molecular flexibility index (Phi) is 7.44. The fourth-order valence-electron chi connectivity index (χ4n) is 2.44. The lowest BCUT2D eigenvalue weighted by molar-refractivity contribution is 0.204. The van der Waals surface area contributed by atoms with Gasteiger partial charge in [0.05, 0.1) is 0 Å². The van der Waals surface area contributed by atoms with Gasteiger partial charge in [0, 0.05) is 23.7 Å². The second-order valence-electron chi connectivity index (χ2n) is 5.07. The van der Waals surface area contributed by atoms with Gasteiger partial charge in [-0.2, -0.15) is 0 Å². The van der Waals surface area contributed by atoms with Gasteiger partial charge in [0.2, 0.25) is 0 Å². The van der Waals surface area contributed by atoms with Gasteiger partial charge in [-0.05, 0) is 51.1 Å². The first-order valence-electron chi connectivity index (χ1n) is 7.29. The standard InChI is InChI=1S/C16H27ClN2/c1-5-13(3)19(6-2)11-10-16(18-4)14-8-7-9-15(17)12-14/h7-9,12-13,16,18H,5-6,10-11H2,1-4H3. The molecular weight excluding hydrogens is 256 g/mol. The molecule has 0 aliphatic heterocycles. The van der Waals surface area contributed by atoms with E-state index >= 15 is 0 Å². The zero-order chi connectivity index (χ0) is 14.3. The Morgan fingerprint density at radius 3 is 2.58 bits per heavy atom. The Hall–Kier alpha value is -0.570. The van der Waals surface area contributed by atoms with Crippen LogP contribution in [-0.2, 0) is 0 Å². The largest absolute Gasteiger partial charge is 0.313 e. The van der Waals surface area contributed by atoms with Crippen molar-refractivity contribution < 1.29 is 0 Å². The summed E-state index contributed by atoms with van der Waals surface area (Å²) in [7, 11) is 2.02. The fraction of sp³-hybridized carbons (Fsp3) is 0.625. The molecule has 0 heterocycles. The molecule has 2 nitrogen and oxygen atoms in total. The summed E-state index contributed by atoms with van der Waals surface area (Å²) in [5, 5.41) is 4.21. The van der Waals surface area contributed by atoms with Gasteiger partial charge in [-0.1, -0.05) is 37.6 Å². The third kappa shape index (κ3) is 5.13. The van der Waals surface area contributed by atoms with Crippen LogP contribution in [0, 0.1) is 0 Å². The number of hydrogen-bond acceptors (Lipinski definition) is 2. The van der Waals surface area contributed by atoms with Crippen molar-refractivity contribution in [3.05, 3.63) is 34.9 Å². The van der Waals surface area contributed by atoms with Gasteiger partial charge < -0.3 is 10.2 Å². The fourth-order valence-corrected chi connectivity index (χ4v) is 2.64. The second kappa shape index (κ2) is 8.57. The van der Waals surface area contributed by atoms with Gasteiger partial charge in [-0.25, -0.2) is 0 Å². The lowest BCUT2D eigenvalue weighted by atomic mass is 10.0. The van der Waals surface area contributed by atoms with E-state index in [1.165, 1.54) is 12.0 Å². The first-order chi connectivity index (χ1) is 9.12. The molecule has 0 amide bonds. The molecule has 0 saturated heterocycles. The summed E-state index contributed by atoms with van der Waals surface area (Å²) in [5.74, 6) is 0. The van der Waals surface area contributed by atoms with Crippen molar-refractivity contribution in [1.82, 2.24) is 10.2 Å². The van der Waals surface area contributed by atoms with E-state index in [0.29, 0.717) is 12.1 Å². The number of nitrogens with zero attached hydrogens (tertiary/aromatic N) is 1. The van der Waals surface area contributed by atoms with E-state index in [1.807, 2.05) is 19.2 Å². The summed E-state index contributed by atoms with van der Waals surface area (Å²) < 4.78 is 0. The van der Waals surface area contributed by atoms with Crippen molar-refractivity contribution in [2.75, 3.05) is 20.1 Å². The van der Waals surface area contributed by atoms with E-state index in [9.17, 15) is 0 Å². The molecule has 3 heteroatoms. The van der Waals surface area contributed by atoms with E-state index in [1.54, 1.807) is 0 Å². The second-order valence-corrected chi connectivity index (χ2v) is 5.51. The molecule has 0 spiro atoms. The molecule has 0 aromatic heterocycles. The number of rotatable bonds is 8. The van der Waals surface area contributed by atoms with Gasteiger partial charge in [0.1, 0.15) is 0 Å². The predicted octanol–water partition coefficient (Wildman–Crippen LogP) is 4.11. The summed E-state index contributed by atoms with van der Waals surface area (Å²) in [6, 6.07) is 9.18. The Labute approximate surface area is 123 Å². The summed E-state index contributed by atoms with van der Waals surface area (Å²) in [6.07, 6.45) is 2.31. The van der Waals surface area contributed by atoms with Crippen molar-refractivity contribution >= 4 is 11.6 Å². The molecular formula is C16H27ClN2. The molecule has 2 unspecified atom stereocenters. The zero-order valence-corrected chi connectivity index (χ0v) is 13.4. The van der Waals surface area contributed by atoms with Crippen LogP contribution in [0.25, 0.3) is 0 Å². The zero-order valence-electron chi connectivity index (χ0n) is 12.6. The van der Waals surface area contributed by atoms with Crippen LogP contribution in [0.2, 0.25) is 5.02 Å². The van der Waals surface area contributed by atoms with E-state index in [4.69, 9.17) is 11.6 Å². The first kappa shape index (κ1) is 16.5. The normalized spacial score (nSPS) is 14.6. The third-order valence-corrected chi connectivity index (χ3v) is 4.16. The minimum atomic E-state index is 0.372. The van der Waals surface area contributed by atoms with Crippen molar-refractivity contribution in [1.29, 1.82) is 0 Å². The number of benzene rings is 1. The molecule has 0 aliphatic rings. The first-order valence-corrected chi connectivity index (χ1v) is 7.66. The van der Waals surface area contributed by atoms with E-state index in [-0.39, 0.29) is 0 Å². The van der Waals surface area contributed by atoms with Crippen LogP contribution < -0.4 is 5.32 Å². The van der Waals surface area contributed by atoms with E-state index in [0.717, 1.165) is 24.5 Å². The maximum atomic E-state index is 6.07. The number of halogens is 1. The number of nitrogens with one attached hydrogen (secondary N) is 1. The SMILES string of the molecule is CCC(C)N(CC)CCC(NC)c1cccc(Cl)c1. The summed E-state index contributed by atoms with van der Waals surface area (Å²) in [6.45, 7) is 9.02. The highest BCUT2D eigenvalue weighted by molar-refractivity contribution is 6.30. The van der Waals surface area contributed by atoms with Gasteiger partial charge in [-0.3, -0.25) is 0 Å². The van der Waals surface area contributed by atoms with Gasteiger partial charge in [-0.15, -0.1) is 0 Å². The highest BCUT2D eigenvalue weighted by atomic mass is 35.5. The van der Waals surface area contributed by atoms with Crippen LogP contribution in [0.3, 0.4) is 0 Å². The van der Waals surface area contributed by atoms with Crippen molar-refractivity contribution in [2.45, 2.75) is 45.7 Å². The van der Waals surface area contributed by atoms with Crippen LogP contribution in [-0.4, -0.2) is 31.1 Å². The maximum Gasteiger partial charge on any atom is 0.0409 e. The summed E-state index contributed by atoms with van der Waals surface area (Å²) >= 11 is 6.07. The molecule has 19 heavy (non-hydrogen) atoms. The molecule has 0 aliphatic carbocycles. The topological polar surface area (TPSA) is 15.3 Å². The average molecular weight is 283 g/mol. The Morgan fingerprint density at radius 2 is 2.05 bits per heavy atom. The van der Waals surface area contributed by atoms with Crippen molar-refractivity contribution in [3.8, 4) is 0 Å². The smallest absolute Gasteiger partial charge is 0.0409 e. The Balaban J connectivity index is 2.62. The molecule has 0 saturated carbocycles. The highest BCUT2D eigenvalue weighted by Gasteiger charge is 2.14. The molecule has 1 aromatic carbocycles. The lowest BCUT2D eigenvalue weighted by Gasteiger charge is -2.29. The average Bonchev–Trinajstić information content (AvgIpc) is 2.43. The Bertz CT molecular complexity index is 368. The molecule has 0 radical (unpaired) electrons. The maximum absolute atomic E-state index is 6.07. The monoisotopic (exact) mass is 282 g/mol. The van der Waals surface area contributed by atoms with Crippen LogP contribution in [0.15, 0.2) is 24.3 Å². The van der Waals surface area contributed by atoms with Crippen LogP contribution >= 0.6 is 11.6 Å². The summed E-state index contributed by atoms with van der Waals surface area (Å²) in [5.41, 5.74) is 1.27. The quantitative estimate of drug-likeness (QED) is 0.772. The summed E-state index contributed by atoms with van der Waals surface area (Å²) in [4.78, 5) is 2.54. The minimum absolute atomic E-state index is 0.372. The minimum Gasteiger partial charge on any atom is -0.313 e. The molecule has 1 rings (SSSR count). The van der Waals surface area contributed by atoms with Gasteiger partial charge in [0.15, 0.2) is 0 Å². The van der Waals surface area contributed by atoms with E-state index < -0.39 is 0 Å². The molecule has 0 fully saturated rings. The molecule has 1 N–H and O–H groups in total. The van der Waals surface area contributed by atoms with E-state index in [2.05, 4.69) is 43.1 Å². The van der Waals surface area contributed by atoms with Crippen LogP contribution in [0.4, 0.5) is 0 Å².